The van der Waals surface area contributed by atoms with Crippen LogP contribution in [-0.2, 0) is 22.6 Å². The van der Waals surface area contributed by atoms with E-state index >= 15 is 0 Å². The molecule has 2 amide bonds. The Hall–Kier alpha value is -2.59. The molecule has 36 heavy (non-hydrogen) atoms. The highest BCUT2D eigenvalue weighted by molar-refractivity contribution is 5.96. The van der Waals surface area contributed by atoms with Gasteiger partial charge in [-0.05, 0) is 56.1 Å². The lowest BCUT2D eigenvalue weighted by molar-refractivity contribution is -0.119. The molecule has 0 unspecified atom stereocenters. The van der Waals surface area contributed by atoms with Gasteiger partial charge in [0.1, 0.15) is 5.75 Å². The summed E-state index contributed by atoms with van der Waals surface area (Å²) in [5.74, 6) is 1.92. The van der Waals surface area contributed by atoms with Crippen molar-refractivity contribution >= 4 is 48.1 Å². The molecule has 11 heteroatoms. The molecule has 3 aliphatic rings. The molecule has 0 atom stereocenters. The Balaban J connectivity index is 0.00000180. The molecule has 0 saturated carbocycles. The molecule has 3 aliphatic heterocycles. The maximum absolute atomic E-state index is 12.6. The molecular formula is C25H33Cl2N5O4. The summed E-state index contributed by atoms with van der Waals surface area (Å²) < 4.78 is 10.7. The number of likely N-dealkylation sites (tertiary alicyclic amines) is 1. The summed E-state index contributed by atoms with van der Waals surface area (Å²) in [6.07, 6.45) is 3.45. The van der Waals surface area contributed by atoms with Crippen molar-refractivity contribution in [2.45, 2.75) is 38.3 Å². The normalized spacial score (nSPS) is 17.6. The van der Waals surface area contributed by atoms with Crippen LogP contribution in [0.3, 0.4) is 0 Å². The first kappa shape index (κ1) is 28.0. The number of ether oxygens (including phenoxy) is 2. The van der Waals surface area contributed by atoms with Gasteiger partial charge in [-0.2, -0.15) is 0 Å². The minimum atomic E-state index is -0.175. The van der Waals surface area contributed by atoms with Crippen LogP contribution in [0.15, 0.2) is 30.3 Å². The van der Waals surface area contributed by atoms with Gasteiger partial charge >= 0.3 is 0 Å². The average molecular weight is 538 g/mol. The van der Waals surface area contributed by atoms with E-state index in [1.165, 1.54) is 5.56 Å². The van der Waals surface area contributed by atoms with Crippen molar-refractivity contribution in [3.8, 4) is 11.5 Å². The third-order valence-electron chi connectivity index (χ3n) is 6.82. The second-order valence-corrected chi connectivity index (χ2v) is 9.02. The van der Waals surface area contributed by atoms with E-state index in [4.69, 9.17) is 9.47 Å². The lowest BCUT2D eigenvalue weighted by atomic mass is 10.0. The van der Waals surface area contributed by atoms with Crippen LogP contribution in [0.1, 0.15) is 30.5 Å². The standard InChI is InChI=1S/C25H31N5O4.2ClH/c1-33-20-5-2-17-3-7-24(32)30(21(17)14-20)13-12-29-10-8-18(9-11-29)26-15-19-4-6-22-25(27-19)28-23(31)16-34-22;;/h2,4-6,14,18,26H,3,7-13,15-16H2,1H3,(H,27,28,31);2*1H. The molecule has 196 valence electrons. The van der Waals surface area contributed by atoms with Gasteiger partial charge in [0.15, 0.2) is 18.2 Å². The number of piperidine rings is 1. The highest BCUT2D eigenvalue weighted by atomic mass is 35.5. The van der Waals surface area contributed by atoms with Crippen LogP contribution in [-0.4, -0.2) is 67.6 Å². The van der Waals surface area contributed by atoms with Crippen LogP contribution < -0.4 is 25.0 Å². The SMILES string of the molecule is COc1ccc2c(c1)N(CCN1CCC(NCc3ccc4c(n3)NC(=O)CO4)CC1)C(=O)CC2.Cl.Cl. The number of amides is 2. The maximum Gasteiger partial charge on any atom is 0.263 e. The van der Waals surface area contributed by atoms with Gasteiger partial charge in [0.25, 0.3) is 5.91 Å². The summed E-state index contributed by atoms with van der Waals surface area (Å²) >= 11 is 0. The van der Waals surface area contributed by atoms with E-state index in [-0.39, 0.29) is 43.2 Å². The zero-order valence-corrected chi connectivity index (χ0v) is 22.0. The molecule has 1 aromatic heterocycles. The number of rotatable bonds is 7. The average Bonchev–Trinajstić information content (AvgIpc) is 2.87. The summed E-state index contributed by atoms with van der Waals surface area (Å²) in [6, 6.07) is 10.2. The highest BCUT2D eigenvalue weighted by Crippen LogP contribution is 2.31. The van der Waals surface area contributed by atoms with Crippen molar-refractivity contribution in [2.75, 3.05) is 50.1 Å². The molecule has 0 bridgehead atoms. The van der Waals surface area contributed by atoms with E-state index in [2.05, 4.69) is 26.6 Å². The Kier molecular flexibility index (Phi) is 9.78. The molecule has 1 saturated heterocycles. The Morgan fingerprint density at radius 3 is 2.69 bits per heavy atom. The number of halogens is 2. The van der Waals surface area contributed by atoms with Gasteiger partial charge in [0.05, 0.1) is 18.5 Å². The number of carbonyl (C=O) groups is 2. The Morgan fingerprint density at radius 2 is 1.92 bits per heavy atom. The number of nitrogens with one attached hydrogen (secondary N) is 2. The van der Waals surface area contributed by atoms with Crippen molar-refractivity contribution in [1.29, 1.82) is 0 Å². The second kappa shape index (κ2) is 12.6. The third kappa shape index (κ3) is 6.39. The molecule has 1 fully saturated rings. The van der Waals surface area contributed by atoms with Crippen LogP contribution in [0, 0.1) is 0 Å². The molecule has 0 spiro atoms. The number of methoxy groups -OCH3 is 1. The van der Waals surface area contributed by atoms with E-state index in [9.17, 15) is 9.59 Å². The van der Waals surface area contributed by atoms with Crippen molar-refractivity contribution in [2.24, 2.45) is 0 Å². The Bertz CT molecular complexity index is 1080. The van der Waals surface area contributed by atoms with E-state index in [0.29, 0.717) is 37.1 Å². The van der Waals surface area contributed by atoms with Crippen LogP contribution in [0.25, 0.3) is 0 Å². The van der Waals surface area contributed by atoms with Crippen LogP contribution in [0.4, 0.5) is 11.5 Å². The van der Waals surface area contributed by atoms with Gasteiger partial charge in [-0.3, -0.25) is 9.59 Å². The molecule has 0 aliphatic carbocycles. The molecule has 2 aromatic rings. The molecule has 9 nitrogen and oxygen atoms in total. The van der Waals surface area contributed by atoms with Gasteiger partial charge in [0, 0.05) is 38.2 Å². The van der Waals surface area contributed by atoms with Gasteiger partial charge in [-0.1, -0.05) is 6.07 Å². The minimum Gasteiger partial charge on any atom is -0.497 e. The van der Waals surface area contributed by atoms with Crippen LogP contribution in [0.2, 0.25) is 0 Å². The van der Waals surface area contributed by atoms with Crippen molar-refractivity contribution in [3.63, 3.8) is 0 Å². The summed E-state index contributed by atoms with van der Waals surface area (Å²) in [7, 11) is 1.66. The van der Waals surface area contributed by atoms with Crippen LogP contribution in [0.5, 0.6) is 11.5 Å². The number of aryl methyl sites for hydroxylation is 1. The molecular weight excluding hydrogens is 505 g/mol. The number of hydrogen-bond acceptors (Lipinski definition) is 7. The quantitative estimate of drug-likeness (QED) is 0.560. The van der Waals surface area contributed by atoms with Gasteiger partial charge < -0.3 is 29.9 Å². The topological polar surface area (TPSA) is 96.0 Å². The number of nitrogens with zero attached hydrogens (tertiary/aromatic N) is 3. The van der Waals surface area contributed by atoms with E-state index in [1.54, 1.807) is 7.11 Å². The second-order valence-electron chi connectivity index (χ2n) is 9.02. The first-order valence-corrected chi connectivity index (χ1v) is 11.9. The molecule has 5 rings (SSSR count). The predicted molar refractivity (Wildman–Crippen MR) is 143 cm³/mol. The number of benzene rings is 1. The number of carbonyl (C=O) groups excluding carboxylic acids is 2. The third-order valence-corrected chi connectivity index (χ3v) is 6.82. The fraction of sp³-hybridized carbons (Fsp3) is 0.480. The molecule has 4 heterocycles. The lowest BCUT2D eigenvalue weighted by Crippen LogP contribution is -2.46. The van der Waals surface area contributed by atoms with Crippen molar-refractivity contribution in [1.82, 2.24) is 15.2 Å². The van der Waals surface area contributed by atoms with Crippen molar-refractivity contribution in [3.05, 3.63) is 41.6 Å². The number of aromatic nitrogens is 1. The number of hydrogen-bond donors (Lipinski definition) is 2. The Morgan fingerprint density at radius 1 is 1.11 bits per heavy atom. The van der Waals surface area contributed by atoms with Gasteiger partial charge in [0.2, 0.25) is 5.91 Å². The number of fused-ring (bicyclic) bond motifs is 2. The molecule has 1 aromatic carbocycles. The van der Waals surface area contributed by atoms with Gasteiger partial charge in [-0.25, -0.2) is 4.98 Å². The number of pyridine rings is 1. The summed E-state index contributed by atoms with van der Waals surface area (Å²) in [4.78, 5) is 33.0. The smallest absolute Gasteiger partial charge is 0.263 e. The summed E-state index contributed by atoms with van der Waals surface area (Å²) in [6.45, 7) is 4.23. The first-order chi connectivity index (χ1) is 16.6. The van der Waals surface area contributed by atoms with Crippen LogP contribution >= 0.6 is 24.8 Å². The monoisotopic (exact) mass is 537 g/mol. The summed E-state index contributed by atoms with van der Waals surface area (Å²) in [5.41, 5.74) is 3.08. The molecule has 2 N–H and O–H groups in total. The van der Waals surface area contributed by atoms with Crippen molar-refractivity contribution < 1.29 is 19.1 Å². The maximum atomic E-state index is 12.6. The zero-order chi connectivity index (χ0) is 23.5. The zero-order valence-electron chi connectivity index (χ0n) is 20.3. The fourth-order valence-corrected chi connectivity index (χ4v) is 4.84. The summed E-state index contributed by atoms with van der Waals surface area (Å²) in [5, 5.41) is 6.35. The Labute approximate surface area is 223 Å². The first-order valence-electron chi connectivity index (χ1n) is 11.9. The van der Waals surface area contributed by atoms with E-state index in [0.717, 1.165) is 56.0 Å². The minimum absolute atomic E-state index is 0. The largest absolute Gasteiger partial charge is 0.497 e. The van der Waals surface area contributed by atoms with E-state index in [1.807, 2.05) is 29.2 Å². The van der Waals surface area contributed by atoms with Gasteiger partial charge in [-0.15, -0.1) is 24.8 Å². The highest BCUT2D eigenvalue weighted by Gasteiger charge is 2.26. The predicted octanol–water partition coefficient (Wildman–Crippen LogP) is 2.80. The lowest BCUT2D eigenvalue weighted by Gasteiger charge is -2.35. The fourth-order valence-electron chi connectivity index (χ4n) is 4.84. The van der Waals surface area contributed by atoms with E-state index < -0.39 is 0 Å². The molecule has 0 radical (unpaired) electrons. The number of anilines is 2.